The molecule has 0 saturated carbocycles. The molecule has 0 aliphatic heterocycles. The predicted octanol–water partition coefficient (Wildman–Crippen LogP) is 2.55. The van der Waals surface area contributed by atoms with Gasteiger partial charge in [-0.05, 0) is 24.8 Å². The van der Waals surface area contributed by atoms with Crippen molar-refractivity contribution in [2.45, 2.75) is 46.5 Å². The van der Waals surface area contributed by atoms with Gasteiger partial charge in [0.2, 0.25) is 0 Å². The van der Waals surface area contributed by atoms with Crippen molar-refractivity contribution >= 4 is 0 Å². The van der Waals surface area contributed by atoms with E-state index in [1.807, 2.05) is 0 Å². The van der Waals surface area contributed by atoms with Gasteiger partial charge in [-0.3, -0.25) is 0 Å². The predicted molar refractivity (Wildman–Crippen MR) is 54.8 cm³/mol. The van der Waals surface area contributed by atoms with E-state index in [2.05, 4.69) is 30.7 Å². The van der Waals surface area contributed by atoms with Gasteiger partial charge < -0.3 is 0 Å². The van der Waals surface area contributed by atoms with Crippen molar-refractivity contribution in [2.24, 2.45) is 0 Å². The van der Waals surface area contributed by atoms with Crippen molar-refractivity contribution in [1.82, 2.24) is 9.97 Å². The summed E-state index contributed by atoms with van der Waals surface area (Å²) in [7, 11) is 0. The van der Waals surface area contributed by atoms with E-state index in [9.17, 15) is 0 Å². The summed E-state index contributed by atoms with van der Waals surface area (Å²) >= 11 is 0. The molecule has 0 unspecified atom stereocenters. The normalized spacial score (nSPS) is 10.4. The van der Waals surface area contributed by atoms with Crippen LogP contribution in [0.1, 0.15) is 44.1 Å². The van der Waals surface area contributed by atoms with E-state index in [1.54, 1.807) is 6.33 Å². The van der Waals surface area contributed by atoms with Crippen LogP contribution in [0.2, 0.25) is 0 Å². The quantitative estimate of drug-likeness (QED) is 0.708. The zero-order chi connectivity index (χ0) is 9.68. The monoisotopic (exact) mass is 178 g/mol. The number of rotatable bonds is 4. The first-order valence-corrected chi connectivity index (χ1v) is 5.15. The van der Waals surface area contributed by atoms with Crippen molar-refractivity contribution < 1.29 is 0 Å². The van der Waals surface area contributed by atoms with Gasteiger partial charge >= 0.3 is 0 Å². The second-order valence-corrected chi connectivity index (χ2v) is 3.20. The van der Waals surface area contributed by atoms with Gasteiger partial charge in [-0.15, -0.1) is 0 Å². The Morgan fingerprint density at radius 2 is 1.54 bits per heavy atom. The van der Waals surface area contributed by atoms with Gasteiger partial charge in [0, 0.05) is 11.4 Å². The third kappa shape index (κ3) is 2.27. The molecule has 0 atom stereocenters. The molecular formula is C11H18N2. The third-order valence-electron chi connectivity index (χ3n) is 2.29. The van der Waals surface area contributed by atoms with Gasteiger partial charge in [0.1, 0.15) is 6.33 Å². The molecule has 0 aliphatic carbocycles. The smallest absolute Gasteiger partial charge is 0.115 e. The largest absolute Gasteiger partial charge is 0.241 e. The molecule has 0 amide bonds. The van der Waals surface area contributed by atoms with Crippen LogP contribution < -0.4 is 0 Å². The lowest BCUT2D eigenvalue weighted by Crippen LogP contribution is -2.03. The average Bonchev–Trinajstić information content (AvgIpc) is 2.18. The van der Waals surface area contributed by atoms with Gasteiger partial charge in [0.25, 0.3) is 0 Å². The summed E-state index contributed by atoms with van der Waals surface area (Å²) in [5.41, 5.74) is 3.84. The van der Waals surface area contributed by atoms with E-state index < -0.39 is 0 Å². The first-order valence-electron chi connectivity index (χ1n) is 5.15. The van der Waals surface area contributed by atoms with E-state index in [1.165, 1.54) is 23.4 Å². The molecule has 1 rings (SSSR count). The summed E-state index contributed by atoms with van der Waals surface area (Å²) in [6, 6.07) is 0. The van der Waals surface area contributed by atoms with E-state index in [0.717, 1.165) is 19.3 Å². The zero-order valence-corrected chi connectivity index (χ0v) is 8.80. The minimum Gasteiger partial charge on any atom is -0.241 e. The summed E-state index contributed by atoms with van der Waals surface area (Å²) in [4.78, 5) is 8.63. The molecule has 1 aromatic heterocycles. The van der Waals surface area contributed by atoms with Gasteiger partial charge in [-0.2, -0.15) is 0 Å². The van der Waals surface area contributed by atoms with Crippen molar-refractivity contribution in [3.05, 3.63) is 23.3 Å². The lowest BCUT2D eigenvalue weighted by Gasteiger charge is -2.09. The van der Waals surface area contributed by atoms with Gasteiger partial charge in [-0.25, -0.2) is 9.97 Å². The van der Waals surface area contributed by atoms with Crippen molar-refractivity contribution in [2.75, 3.05) is 0 Å². The van der Waals surface area contributed by atoms with Gasteiger partial charge in [0.15, 0.2) is 0 Å². The SMILES string of the molecule is CCCc1c(CC)ncnc1CC. The first-order chi connectivity index (χ1) is 6.33. The molecule has 1 aromatic rings. The standard InChI is InChI=1S/C11H18N2/c1-4-7-9-10(5-2)12-8-13-11(9)6-3/h8H,4-7H2,1-3H3. The minimum atomic E-state index is 1.02. The molecule has 0 fully saturated rings. The highest BCUT2D eigenvalue weighted by molar-refractivity contribution is 5.24. The second kappa shape index (κ2) is 4.95. The summed E-state index contributed by atoms with van der Waals surface area (Å²) in [6.07, 6.45) is 6.02. The Morgan fingerprint density at radius 1 is 1.00 bits per heavy atom. The van der Waals surface area contributed by atoms with Crippen LogP contribution in [-0.2, 0) is 19.3 Å². The molecule has 0 saturated heterocycles. The van der Waals surface area contributed by atoms with Crippen LogP contribution in [0.15, 0.2) is 6.33 Å². The lowest BCUT2D eigenvalue weighted by atomic mass is 10.0. The third-order valence-corrected chi connectivity index (χ3v) is 2.29. The number of hydrogen-bond acceptors (Lipinski definition) is 2. The first kappa shape index (κ1) is 10.2. The van der Waals surface area contributed by atoms with Crippen molar-refractivity contribution in [1.29, 1.82) is 0 Å². The van der Waals surface area contributed by atoms with Crippen LogP contribution in [-0.4, -0.2) is 9.97 Å². The molecule has 2 heteroatoms. The van der Waals surface area contributed by atoms with Gasteiger partial charge in [0.05, 0.1) is 0 Å². The van der Waals surface area contributed by atoms with Crippen LogP contribution >= 0.6 is 0 Å². The fourth-order valence-corrected chi connectivity index (χ4v) is 1.64. The molecule has 0 bridgehead atoms. The molecule has 0 aromatic carbocycles. The Labute approximate surface area is 80.4 Å². The van der Waals surface area contributed by atoms with Crippen LogP contribution in [0.4, 0.5) is 0 Å². The molecule has 0 radical (unpaired) electrons. The molecule has 72 valence electrons. The highest BCUT2D eigenvalue weighted by Crippen LogP contribution is 2.13. The fraction of sp³-hybridized carbons (Fsp3) is 0.636. The minimum absolute atomic E-state index is 1.02. The highest BCUT2D eigenvalue weighted by atomic mass is 14.8. The number of aromatic nitrogens is 2. The second-order valence-electron chi connectivity index (χ2n) is 3.20. The van der Waals surface area contributed by atoms with Crippen LogP contribution in [0.5, 0.6) is 0 Å². The van der Waals surface area contributed by atoms with Crippen molar-refractivity contribution in [3.8, 4) is 0 Å². The van der Waals surface area contributed by atoms with Crippen LogP contribution in [0.3, 0.4) is 0 Å². The number of aryl methyl sites for hydroxylation is 2. The van der Waals surface area contributed by atoms with Crippen LogP contribution in [0, 0.1) is 0 Å². The Kier molecular flexibility index (Phi) is 3.87. The Morgan fingerprint density at radius 3 is 1.92 bits per heavy atom. The Bertz CT molecular complexity index is 247. The van der Waals surface area contributed by atoms with E-state index in [4.69, 9.17) is 0 Å². The molecule has 0 N–H and O–H groups in total. The average molecular weight is 178 g/mol. The number of nitrogens with zero attached hydrogens (tertiary/aromatic N) is 2. The molecule has 2 nitrogen and oxygen atoms in total. The lowest BCUT2D eigenvalue weighted by molar-refractivity contribution is 0.820. The maximum absolute atomic E-state index is 4.31. The van der Waals surface area contributed by atoms with E-state index in [0.29, 0.717) is 0 Å². The molecule has 0 aliphatic rings. The molecular weight excluding hydrogens is 160 g/mol. The fourth-order valence-electron chi connectivity index (χ4n) is 1.64. The van der Waals surface area contributed by atoms with Gasteiger partial charge in [-0.1, -0.05) is 27.2 Å². The Balaban J connectivity index is 3.05. The maximum atomic E-state index is 4.31. The zero-order valence-electron chi connectivity index (χ0n) is 8.80. The summed E-state index contributed by atoms with van der Waals surface area (Å²) in [5.74, 6) is 0. The van der Waals surface area contributed by atoms with Crippen LogP contribution in [0.25, 0.3) is 0 Å². The van der Waals surface area contributed by atoms with E-state index in [-0.39, 0.29) is 0 Å². The maximum Gasteiger partial charge on any atom is 0.115 e. The number of hydrogen-bond donors (Lipinski definition) is 0. The Hall–Kier alpha value is -0.920. The molecule has 13 heavy (non-hydrogen) atoms. The van der Waals surface area contributed by atoms with E-state index >= 15 is 0 Å². The highest BCUT2D eigenvalue weighted by Gasteiger charge is 2.06. The van der Waals surface area contributed by atoms with Crippen molar-refractivity contribution in [3.63, 3.8) is 0 Å². The molecule has 0 spiro atoms. The topological polar surface area (TPSA) is 25.8 Å². The molecule has 1 heterocycles. The summed E-state index contributed by atoms with van der Waals surface area (Å²) in [6.45, 7) is 6.51. The summed E-state index contributed by atoms with van der Waals surface area (Å²) < 4.78 is 0. The summed E-state index contributed by atoms with van der Waals surface area (Å²) in [5, 5.41) is 0.